The number of carbonyl (C=O) groups excluding carboxylic acids is 2. The summed E-state index contributed by atoms with van der Waals surface area (Å²) in [4.78, 5) is 28.3. The predicted octanol–water partition coefficient (Wildman–Crippen LogP) is 1.47. The minimum atomic E-state index is -0.0222. The molecule has 3 rings (SSSR count). The number of benzene rings is 1. The lowest BCUT2D eigenvalue weighted by Gasteiger charge is -2.22. The summed E-state index contributed by atoms with van der Waals surface area (Å²) in [5.74, 6) is 0.108. The Kier molecular flexibility index (Phi) is 7.02. The van der Waals surface area contributed by atoms with Crippen LogP contribution in [0.3, 0.4) is 0 Å². The normalized spacial score (nSPS) is 18.8. The third-order valence-electron chi connectivity index (χ3n) is 4.34. The second kappa shape index (κ2) is 9.01. The molecule has 0 bridgehead atoms. The van der Waals surface area contributed by atoms with Gasteiger partial charge < -0.3 is 15.5 Å². The van der Waals surface area contributed by atoms with Gasteiger partial charge in [-0.25, -0.2) is 0 Å². The molecule has 0 aliphatic carbocycles. The molecule has 2 heterocycles. The van der Waals surface area contributed by atoms with Crippen molar-refractivity contribution in [1.82, 2.24) is 10.2 Å². The summed E-state index contributed by atoms with van der Waals surface area (Å²) >= 11 is 0. The third kappa shape index (κ3) is 4.69. The van der Waals surface area contributed by atoms with E-state index in [9.17, 15) is 9.59 Å². The zero-order valence-electron chi connectivity index (χ0n) is 13.8. The van der Waals surface area contributed by atoms with E-state index in [2.05, 4.69) is 15.5 Å². The lowest BCUT2D eigenvalue weighted by atomic mass is 10.2. The van der Waals surface area contributed by atoms with Crippen LogP contribution in [0.25, 0.3) is 0 Å². The number of anilines is 2. The molecule has 0 aromatic heterocycles. The van der Waals surface area contributed by atoms with Crippen LogP contribution in [0, 0.1) is 0 Å². The molecule has 1 aromatic carbocycles. The average molecular weight is 353 g/mol. The number of halogens is 1. The van der Waals surface area contributed by atoms with Crippen LogP contribution in [-0.2, 0) is 9.59 Å². The fourth-order valence-electron chi connectivity index (χ4n) is 3.17. The van der Waals surface area contributed by atoms with E-state index in [1.165, 1.54) is 0 Å². The maximum absolute atomic E-state index is 12.4. The van der Waals surface area contributed by atoms with Gasteiger partial charge in [-0.2, -0.15) is 0 Å². The van der Waals surface area contributed by atoms with Gasteiger partial charge in [-0.1, -0.05) is 12.1 Å². The monoisotopic (exact) mass is 352 g/mol. The Hall–Kier alpha value is -1.63. The number of hydrogen-bond acceptors (Lipinski definition) is 4. The first-order chi connectivity index (χ1) is 11.2. The molecule has 0 radical (unpaired) electrons. The van der Waals surface area contributed by atoms with Gasteiger partial charge >= 0.3 is 0 Å². The lowest BCUT2D eigenvalue weighted by Crippen LogP contribution is -2.36. The molecule has 0 unspecified atom stereocenters. The molecule has 2 aliphatic heterocycles. The first-order valence-electron chi connectivity index (χ1n) is 8.36. The second-order valence-corrected chi connectivity index (χ2v) is 6.09. The van der Waals surface area contributed by atoms with E-state index in [0.29, 0.717) is 13.0 Å². The van der Waals surface area contributed by atoms with Crippen LogP contribution in [-0.4, -0.2) is 56.0 Å². The summed E-state index contributed by atoms with van der Waals surface area (Å²) in [6.07, 6.45) is 2.52. The predicted molar refractivity (Wildman–Crippen MR) is 97.8 cm³/mol. The fraction of sp³-hybridized carbons (Fsp3) is 0.529. The Bertz CT molecular complexity index is 573. The van der Waals surface area contributed by atoms with Gasteiger partial charge in [-0.05, 0) is 38.1 Å². The van der Waals surface area contributed by atoms with E-state index in [0.717, 1.165) is 56.9 Å². The molecule has 2 N–H and O–H groups in total. The third-order valence-corrected chi connectivity index (χ3v) is 4.34. The van der Waals surface area contributed by atoms with Crippen LogP contribution in [0.2, 0.25) is 0 Å². The standard InChI is InChI=1S/C17H24N4O2.ClH/c22-16(13-20-10-4-8-18-9-12-20)19-14-5-1-2-6-15(14)21-11-3-7-17(21)23;/h1-2,5-6,18H,3-4,7-13H2,(H,19,22);1H. The number of hydrogen-bond donors (Lipinski definition) is 2. The number of para-hydroxylation sites is 2. The van der Waals surface area contributed by atoms with Gasteiger partial charge in [-0.3, -0.25) is 14.5 Å². The molecule has 2 amide bonds. The molecule has 0 saturated carbocycles. The van der Waals surface area contributed by atoms with Crippen molar-refractivity contribution in [3.63, 3.8) is 0 Å². The number of nitrogens with zero attached hydrogens (tertiary/aromatic N) is 2. The highest BCUT2D eigenvalue weighted by atomic mass is 35.5. The zero-order chi connectivity index (χ0) is 16.1. The topological polar surface area (TPSA) is 64.7 Å². The highest BCUT2D eigenvalue weighted by Gasteiger charge is 2.24. The second-order valence-electron chi connectivity index (χ2n) is 6.09. The van der Waals surface area contributed by atoms with Crippen molar-refractivity contribution in [2.75, 3.05) is 49.5 Å². The van der Waals surface area contributed by atoms with Gasteiger partial charge in [0.05, 0.1) is 17.9 Å². The molecule has 24 heavy (non-hydrogen) atoms. The fourth-order valence-corrected chi connectivity index (χ4v) is 3.17. The van der Waals surface area contributed by atoms with Crippen LogP contribution in [0.5, 0.6) is 0 Å². The molecule has 1 aromatic rings. The van der Waals surface area contributed by atoms with Gasteiger partial charge in [0.2, 0.25) is 11.8 Å². The maximum Gasteiger partial charge on any atom is 0.238 e. The van der Waals surface area contributed by atoms with Crippen molar-refractivity contribution >= 4 is 35.6 Å². The SMILES string of the molecule is Cl.O=C(CN1CCCNCC1)Nc1ccccc1N1CCCC1=O. The molecule has 2 saturated heterocycles. The summed E-state index contributed by atoms with van der Waals surface area (Å²) in [5.41, 5.74) is 1.53. The average Bonchev–Trinajstić information content (AvgIpc) is 2.80. The Labute approximate surface area is 149 Å². The van der Waals surface area contributed by atoms with Gasteiger partial charge in [0.25, 0.3) is 0 Å². The van der Waals surface area contributed by atoms with E-state index in [4.69, 9.17) is 0 Å². The van der Waals surface area contributed by atoms with Gasteiger partial charge in [-0.15, -0.1) is 12.4 Å². The molecule has 2 fully saturated rings. The lowest BCUT2D eigenvalue weighted by molar-refractivity contribution is -0.118. The van der Waals surface area contributed by atoms with Crippen LogP contribution < -0.4 is 15.5 Å². The molecule has 0 spiro atoms. The van der Waals surface area contributed by atoms with Gasteiger partial charge in [0.15, 0.2) is 0 Å². The van der Waals surface area contributed by atoms with Crippen molar-refractivity contribution in [3.05, 3.63) is 24.3 Å². The van der Waals surface area contributed by atoms with E-state index < -0.39 is 0 Å². The highest BCUT2D eigenvalue weighted by Crippen LogP contribution is 2.29. The minimum absolute atomic E-state index is 0. The number of amides is 2. The van der Waals surface area contributed by atoms with Crippen molar-refractivity contribution in [3.8, 4) is 0 Å². The first-order valence-corrected chi connectivity index (χ1v) is 8.36. The molecular weight excluding hydrogens is 328 g/mol. The van der Waals surface area contributed by atoms with Gasteiger partial charge in [0, 0.05) is 26.1 Å². The smallest absolute Gasteiger partial charge is 0.238 e. The molecule has 2 aliphatic rings. The van der Waals surface area contributed by atoms with Crippen LogP contribution in [0.15, 0.2) is 24.3 Å². The summed E-state index contributed by atoms with van der Waals surface area (Å²) in [6.45, 7) is 4.88. The van der Waals surface area contributed by atoms with E-state index in [1.54, 1.807) is 4.90 Å². The van der Waals surface area contributed by atoms with E-state index in [1.807, 2.05) is 24.3 Å². The van der Waals surface area contributed by atoms with E-state index >= 15 is 0 Å². The zero-order valence-corrected chi connectivity index (χ0v) is 14.6. The van der Waals surface area contributed by atoms with Crippen molar-refractivity contribution in [1.29, 1.82) is 0 Å². The number of rotatable bonds is 4. The van der Waals surface area contributed by atoms with Crippen molar-refractivity contribution in [2.45, 2.75) is 19.3 Å². The Balaban J connectivity index is 0.00000208. The minimum Gasteiger partial charge on any atom is -0.323 e. The van der Waals surface area contributed by atoms with Crippen LogP contribution >= 0.6 is 12.4 Å². The highest BCUT2D eigenvalue weighted by molar-refractivity contribution is 6.02. The quantitative estimate of drug-likeness (QED) is 0.861. The van der Waals surface area contributed by atoms with Gasteiger partial charge in [0.1, 0.15) is 0 Å². The molecule has 7 heteroatoms. The Morgan fingerprint density at radius 1 is 1.12 bits per heavy atom. The molecule has 132 valence electrons. The largest absolute Gasteiger partial charge is 0.323 e. The van der Waals surface area contributed by atoms with Crippen LogP contribution in [0.4, 0.5) is 11.4 Å². The van der Waals surface area contributed by atoms with Crippen molar-refractivity contribution < 1.29 is 9.59 Å². The molecule has 6 nitrogen and oxygen atoms in total. The molecular formula is C17H25ClN4O2. The van der Waals surface area contributed by atoms with Crippen LogP contribution in [0.1, 0.15) is 19.3 Å². The van der Waals surface area contributed by atoms with Crippen molar-refractivity contribution in [2.24, 2.45) is 0 Å². The number of nitrogens with one attached hydrogen (secondary N) is 2. The summed E-state index contributed by atoms with van der Waals surface area (Å²) in [7, 11) is 0. The summed E-state index contributed by atoms with van der Waals surface area (Å²) in [5, 5.41) is 6.31. The summed E-state index contributed by atoms with van der Waals surface area (Å²) in [6, 6.07) is 7.55. The Morgan fingerprint density at radius 3 is 2.75 bits per heavy atom. The maximum atomic E-state index is 12.4. The van der Waals surface area contributed by atoms with E-state index in [-0.39, 0.29) is 24.2 Å². The summed E-state index contributed by atoms with van der Waals surface area (Å²) < 4.78 is 0. The molecule has 0 atom stereocenters. The first kappa shape index (κ1) is 18.7. The Morgan fingerprint density at radius 2 is 1.96 bits per heavy atom. The number of carbonyl (C=O) groups is 2.